The minimum atomic E-state index is -0.0755. The lowest BCUT2D eigenvalue weighted by atomic mass is 10.0. The predicted octanol–water partition coefficient (Wildman–Crippen LogP) is 3.80. The Morgan fingerprint density at radius 2 is 1.86 bits per heavy atom. The van der Waals surface area contributed by atoms with Crippen molar-refractivity contribution in [2.75, 3.05) is 0 Å². The minimum Gasteiger partial charge on any atom is -0.290 e. The molecule has 0 amide bonds. The summed E-state index contributed by atoms with van der Waals surface area (Å²) in [5, 5.41) is 18.7. The van der Waals surface area contributed by atoms with E-state index in [-0.39, 0.29) is 5.69 Å². The van der Waals surface area contributed by atoms with Gasteiger partial charge in [-0.3, -0.25) is 14.1 Å². The molecule has 0 unspecified atom stereocenters. The summed E-state index contributed by atoms with van der Waals surface area (Å²) in [6.45, 7) is 7.26. The van der Waals surface area contributed by atoms with Gasteiger partial charge in [-0.1, -0.05) is 43.7 Å². The summed E-state index contributed by atoms with van der Waals surface area (Å²) in [5.41, 5.74) is 5.54. The van der Waals surface area contributed by atoms with Crippen molar-refractivity contribution >= 4 is 0 Å². The zero-order chi connectivity index (χ0) is 25.1. The normalized spacial score (nSPS) is 11.3. The predicted molar refractivity (Wildman–Crippen MR) is 137 cm³/mol. The molecule has 5 aromatic rings. The minimum absolute atomic E-state index is 0.0755. The van der Waals surface area contributed by atoms with E-state index < -0.39 is 0 Å². The van der Waals surface area contributed by atoms with E-state index in [0.717, 1.165) is 58.7 Å². The van der Waals surface area contributed by atoms with Crippen LogP contribution in [0.3, 0.4) is 0 Å². The van der Waals surface area contributed by atoms with Gasteiger partial charge in [0.25, 0.3) is 0 Å². The van der Waals surface area contributed by atoms with Gasteiger partial charge in [-0.15, -0.1) is 5.10 Å². The smallest absolute Gasteiger partial charge is 0.290 e. The van der Waals surface area contributed by atoms with Gasteiger partial charge in [-0.25, -0.2) is 14.6 Å². The first kappa shape index (κ1) is 23.4. The Bertz CT molecular complexity index is 1510. The third-order valence-electron chi connectivity index (χ3n) is 6.35. The summed E-state index contributed by atoms with van der Waals surface area (Å²) in [5.74, 6) is 1.42. The first-order valence-corrected chi connectivity index (χ1v) is 12.2. The zero-order valence-electron chi connectivity index (χ0n) is 20.7. The Kier molecular flexibility index (Phi) is 6.57. The van der Waals surface area contributed by atoms with Crippen molar-refractivity contribution in [3.63, 3.8) is 0 Å². The third kappa shape index (κ3) is 4.37. The van der Waals surface area contributed by atoms with Crippen molar-refractivity contribution < 1.29 is 0 Å². The van der Waals surface area contributed by atoms with Crippen LogP contribution in [0.1, 0.15) is 43.6 Å². The Morgan fingerprint density at radius 3 is 2.56 bits per heavy atom. The molecule has 4 aromatic heterocycles. The lowest BCUT2D eigenvalue weighted by Crippen LogP contribution is -2.26. The van der Waals surface area contributed by atoms with Crippen LogP contribution in [0.5, 0.6) is 0 Å². The Morgan fingerprint density at radius 1 is 1.03 bits per heavy atom. The van der Waals surface area contributed by atoms with Crippen molar-refractivity contribution in [3.8, 4) is 28.3 Å². The molecule has 36 heavy (non-hydrogen) atoms. The molecule has 10 heteroatoms. The van der Waals surface area contributed by atoms with E-state index in [1.54, 1.807) is 10.8 Å². The fourth-order valence-electron chi connectivity index (χ4n) is 4.48. The van der Waals surface area contributed by atoms with Crippen LogP contribution >= 0.6 is 0 Å². The molecule has 0 radical (unpaired) electrons. The molecule has 1 N–H and O–H groups in total. The number of aromatic nitrogens is 9. The second-order valence-corrected chi connectivity index (χ2v) is 8.76. The quantitative estimate of drug-likeness (QED) is 0.341. The Hall–Kier alpha value is -4.34. The molecule has 0 aliphatic heterocycles. The number of rotatable bonds is 9. The van der Waals surface area contributed by atoms with E-state index in [2.05, 4.69) is 32.6 Å². The van der Waals surface area contributed by atoms with E-state index in [1.807, 2.05) is 71.9 Å². The molecule has 10 nitrogen and oxygen atoms in total. The van der Waals surface area contributed by atoms with Gasteiger partial charge in [0.05, 0.1) is 18.4 Å². The number of H-pyrrole nitrogens is 1. The van der Waals surface area contributed by atoms with E-state index in [1.165, 1.54) is 0 Å². The van der Waals surface area contributed by atoms with Crippen LogP contribution < -0.4 is 5.69 Å². The van der Waals surface area contributed by atoms with Crippen LogP contribution in [0, 0.1) is 6.92 Å². The summed E-state index contributed by atoms with van der Waals surface area (Å²) in [7, 11) is 0. The van der Waals surface area contributed by atoms with Gasteiger partial charge < -0.3 is 0 Å². The molecule has 1 aromatic carbocycles. The number of imidazole rings is 1. The lowest BCUT2D eigenvalue weighted by molar-refractivity contribution is 0.622. The number of aryl methyl sites for hydroxylation is 3. The van der Waals surface area contributed by atoms with Crippen molar-refractivity contribution in [2.24, 2.45) is 0 Å². The Labute approximate surface area is 208 Å². The maximum atomic E-state index is 13.6. The number of hydrogen-bond donors (Lipinski definition) is 1. The summed E-state index contributed by atoms with van der Waals surface area (Å²) in [4.78, 5) is 18.3. The van der Waals surface area contributed by atoms with Crippen molar-refractivity contribution in [2.45, 2.75) is 53.1 Å². The van der Waals surface area contributed by atoms with Crippen LogP contribution in [0.15, 0.2) is 59.8 Å². The number of nitrogens with zero attached hydrogens (tertiary/aromatic N) is 8. The van der Waals surface area contributed by atoms with Gasteiger partial charge in [-0.2, -0.15) is 5.10 Å². The fraction of sp³-hybridized carbons (Fsp3) is 0.308. The number of pyridine rings is 1. The molecule has 0 saturated carbocycles. The monoisotopic (exact) mass is 483 g/mol. The van der Waals surface area contributed by atoms with Gasteiger partial charge in [0.2, 0.25) is 0 Å². The Balaban J connectivity index is 1.48. The molecule has 0 aliphatic carbocycles. The summed E-state index contributed by atoms with van der Waals surface area (Å²) >= 11 is 0. The van der Waals surface area contributed by atoms with E-state index >= 15 is 0 Å². The third-order valence-corrected chi connectivity index (χ3v) is 6.35. The number of tetrazole rings is 1. The highest BCUT2D eigenvalue weighted by Crippen LogP contribution is 2.29. The van der Waals surface area contributed by atoms with Crippen LogP contribution in [-0.2, 0) is 19.5 Å². The number of hydrogen-bond acceptors (Lipinski definition) is 6. The average molecular weight is 484 g/mol. The van der Waals surface area contributed by atoms with E-state index in [9.17, 15) is 4.79 Å². The first-order valence-electron chi connectivity index (χ1n) is 12.2. The molecule has 0 bridgehead atoms. The molecule has 0 atom stereocenters. The van der Waals surface area contributed by atoms with Crippen LogP contribution in [0.25, 0.3) is 28.3 Å². The van der Waals surface area contributed by atoms with Crippen molar-refractivity contribution in [1.82, 2.24) is 44.5 Å². The maximum Gasteiger partial charge on any atom is 0.334 e. The largest absolute Gasteiger partial charge is 0.334 e. The second kappa shape index (κ2) is 10.1. The van der Waals surface area contributed by atoms with E-state index in [4.69, 9.17) is 4.98 Å². The topological polar surface area (TPSA) is 112 Å². The summed E-state index contributed by atoms with van der Waals surface area (Å²) < 4.78 is 5.42. The molecule has 0 aliphatic rings. The number of unbranched alkanes of at least 4 members (excludes halogenated alkanes) is 1. The first-order chi connectivity index (χ1) is 17.6. The highest BCUT2D eigenvalue weighted by molar-refractivity contribution is 5.79. The lowest BCUT2D eigenvalue weighted by Gasteiger charge is -2.09. The van der Waals surface area contributed by atoms with Gasteiger partial charge >= 0.3 is 5.69 Å². The van der Waals surface area contributed by atoms with Crippen LogP contribution in [0.4, 0.5) is 0 Å². The number of benzene rings is 1. The number of aromatic amines is 1. The number of nitrogens with one attached hydrogen (secondary N) is 1. The average Bonchev–Trinajstić information content (AvgIpc) is 3.64. The molecular weight excluding hydrogens is 454 g/mol. The highest BCUT2D eigenvalue weighted by Gasteiger charge is 2.18. The van der Waals surface area contributed by atoms with Crippen molar-refractivity contribution in [1.29, 1.82) is 0 Å². The fourth-order valence-corrected chi connectivity index (χ4v) is 4.48. The van der Waals surface area contributed by atoms with Crippen LogP contribution in [0.2, 0.25) is 0 Å². The molecule has 5 rings (SSSR count). The van der Waals surface area contributed by atoms with Crippen LogP contribution in [-0.4, -0.2) is 44.5 Å². The molecule has 184 valence electrons. The molecule has 0 fully saturated rings. The SMILES string of the molecule is CCCCc1cn(-c2c(C)cnn2CC)c(=O)n1Cc1ccc(-c2ccccc2-c2nnn[nH]2)cn1. The molecule has 0 spiro atoms. The maximum absolute atomic E-state index is 13.6. The highest BCUT2D eigenvalue weighted by atomic mass is 16.1. The molecule has 0 saturated heterocycles. The summed E-state index contributed by atoms with van der Waals surface area (Å²) in [6, 6.07) is 11.9. The van der Waals surface area contributed by atoms with Gasteiger partial charge in [0, 0.05) is 41.3 Å². The van der Waals surface area contributed by atoms with Crippen molar-refractivity contribution in [3.05, 3.63) is 82.4 Å². The van der Waals surface area contributed by atoms with Gasteiger partial charge in [-0.05, 0) is 48.7 Å². The van der Waals surface area contributed by atoms with E-state index in [0.29, 0.717) is 18.9 Å². The van der Waals surface area contributed by atoms with Gasteiger partial charge in [0.1, 0.15) is 5.82 Å². The zero-order valence-corrected chi connectivity index (χ0v) is 20.7. The second-order valence-electron chi connectivity index (χ2n) is 8.76. The molecular formula is C26H29N9O. The standard InChI is InChI=1S/C26H29N9O/c1-4-6-9-21-17-34(25-18(3)14-28-35(25)5-2)26(36)33(21)16-20-13-12-19(15-27-20)22-10-7-8-11-23(22)24-29-31-32-30-24/h7-8,10-15,17H,4-6,9,16H2,1-3H3,(H,29,30,31,32). The molecule has 4 heterocycles. The van der Waals surface area contributed by atoms with Gasteiger partial charge in [0.15, 0.2) is 5.82 Å². The summed E-state index contributed by atoms with van der Waals surface area (Å²) in [6.07, 6.45) is 8.50.